The Hall–Kier alpha value is -1.55. The Balaban J connectivity index is 2.84. The van der Waals surface area contributed by atoms with E-state index in [0.717, 1.165) is 11.3 Å². The second kappa shape index (κ2) is 6.91. The number of methoxy groups -OCH3 is 1. The van der Waals surface area contributed by atoms with Crippen LogP contribution in [0.15, 0.2) is 24.3 Å². The van der Waals surface area contributed by atoms with Crippen LogP contribution in [0.1, 0.15) is 24.8 Å². The van der Waals surface area contributed by atoms with Crippen LogP contribution in [0.5, 0.6) is 5.75 Å². The molecule has 0 heterocycles. The third-order valence-corrected chi connectivity index (χ3v) is 2.54. The Labute approximate surface area is 102 Å². The molecule has 0 radical (unpaired) electrons. The summed E-state index contributed by atoms with van der Waals surface area (Å²) in [5, 5.41) is 0. The van der Waals surface area contributed by atoms with Crippen LogP contribution in [-0.2, 0) is 9.53 Å². The maximum atomic E-state index is 11.8. The van der Waals surface area contributed by atoms with Crippen LogP contribution in [0.3, 0.4) is 0 Å². The Kier molecular flexibility index (Phi) is 5.49. The fourth-order valence-electron chi connectivity index (χ4n) is 1.67. The lowest BCUT2D eigenvalue weighted by Crippen LogP contribution is -2.19. The largest absolute Gasteiger partial charge is 0.497 e. The molecule has 1 atom stereocenters. The first kappa shape index (κ1) is 13.5. The van der Waals surface area contributed by atoms with Crippen LogP contribution in [0, 0.1) is 0 Å². The van der Waals surface area contributed by atoms with Crippen LogP contribution in [0.2, 0.25) is 0 Å². The molecule has 4 heteroatoms. The smallest absolute Gasteiger partial charge is 0.313 e. The van der Waals surface area contributed by atoms with Crippen molar-refractivity contribution < 1.29 is 14.3 Å². The van der Waals surface area contributed by atoms with Crippen molar-refractivity contribution in [1.29, 1.82) is 0 Å². The summed E-state index contributed by atoms with van der Waals surface area (Å²) >= 11 is 0. The molecule has 0 saturated carbocycles. The zero-order valence-electron chi connectivity index (χ0n) is 10.3. The molecule has 0 aliphatic rings. The Morgan fingerprint density at radius 1 is 1.35 bits per heavy atom. The van der Waals surface area contributed by atoms with Gasteiger partial charge in [-0.05, 0) is 37.6 Å². The van der Waals surface area contributed by atoms with Gasteiger partial charge < -0.3 is 15.2 Å². The minimum atomic E-state index is -0.286. The van der Waals surface area contributed by atoms with E-state index in [4.69, 9.17) is 15.2 Å². The summed E-state index contributed by atoms with van der Waals surface area (Å²) in [6.45, 7) is 2.64. The van der Waals surface area contributed by atoms with Gasteiger partial charge in [0.15, 0.2) is 0 Å². The predicted octanol–water partition coefficient (Wildman–Crippen LogP) is 1.69. The second-order valence-corrected chi connectivity index (χ2v) is 3.66. The van der Waals surface area contributed by atoms with Crippen LogP contribution < -0.4 is 10.5 Å². The summed E-state index contributed by atoms with van der Waals surface area (Å²) in [6, 6.07) is 7.41. The monoisotopic (exact) mass is 237 g/mol. The van der Waals surface area contributed by atoms with E-state index in [1.165, 1.54) is 0 Å². The molecule has 1 unspecified atom stereocenters. The molecule has 0 aliphatic heterocycles. The van der Waals surface area contributed by atoms with Gasteiger partial charge in [0, 0.05) is 0 Å². The van der Waals surface area contributed by atoms with Gasteiger partial charge in [-0.1, -0.05) is 12.1 Å². The zero-order chi connectivity index (χ0) is 12.7. The summed E-state index contributed by atoms with van der Waals surface area (Å²) < 4.78 is 10.1. The Morgan fingerprint density at radius 3 is 2.47 bits per heavy atom. The first-order valence-electron chi connectivity index (χ1n) is 5.73. The molecule has 0 spiro atoms. The number of hydrogen-bond acceptors (Lipinski definition) is 4. The molecule has 0 aliphatic carbocycles. The number of benzene rings is 1. The van der Waals surface area contributed by atoms with Gasteiger partial charge in [0.1, 0.15) is 5.75 Å². The fourth-order valence-corrected chi connectivity index (χ4v) is 1.67. The van der Waals surface area contributed by atoms with E-state index in [9.17, 15) is 4.79 Å². The van der Waals surface area contributed by atoms with E-state index in [1.54, 1.807) is 14.0 Å². The lowest BCUT2D eigenvalue weighted by Gasteiger charge is -2.15. The molecule has 2 N–H and O–H groups in total. The summed E-state index contributed by atoms with van der Waals surface area (Å²) in [7, 11) is 1.61. The summed E-state index contributed by atoms with van der Waals surface area (Å²) in [5.41, 5.74) is 6.44. The van der Waals surface area contributed by atoms with Crippen molar-refractivity contribution in [2.75, 3.05) is 20.3 Å². The molecular weight excluding hydrogens is 218 g/mol. The van der Waals surface area contributed by atoms with E-state index >= 15 is 0 Å². The molecule has 0 saturated heterocycles. The van der Waals surface area contributed by atoms with E-state index in [2.05, 4.69) is 0 Å². The summed E-state index contributed by atoms with van der Waals surface area (Å²) in [6.07, 6.45) is 0.588. The van der Waals surface area contributed by atoms with Gasteiger partial charge in [-0.3, -0.25) is 4.79 Å². The highest BCUT2D eigenvalue weighted by Gasteiger charge is 2.20. The van der Waals surface area contributed by atoms with Crippen molar-refractivity contribution in [3.63, 3.8) is 0 Å². The number of carbonyl (C=O) groups excluding carboxylic acids is 1. The number of rotatable bonds is 6. The maximum Gasteiger partial charge on any atom is 0.313 e. The Bertz CT molecular complexity index is 348. The van der Waals surface area contributed by atoms with Crippen LogP contribution >= 0.6 is 0 Å². The molecule has 1 rings (SSSR count). The van der Waals surface area contributed by atoms with Crippen molar-refractivity contribution >= 4 is 5.97 Å². The molecule has 0 amide bonds. The average molecular weight is 237 g/mol. The minimum Gasteiger partial charge on any atom is -0.497 e. The molecule has 0 bridgehead atoms. The zero-order valence-corrected chi connectivity index (χ0v) is 10.3. The summed E-state index contributed by atoms with van der Waals surface area (Å²) in [5.74, 6) is 0.262. The normalized spacial score (nSPS) is 11.9. The number of ether oxygens (including phenoxy) is 2. The average Bonchev–Trinajstić information content (AvgIpc) is 2.36. The fraction of sp³-hybridized carbons (Fsp3) is 0.462. The second-order valence-electron chi connectivity index (χ2n) is 3.66. The van der Waals surface area contributed by atoms with Crippen molar-refractivity contribution in [3.8, 4) is 5.75 Å². The van der Waals surface area contributed by atoms with E-state index < -0.39 is 0 Å². The molecule has 94 valence electrons. The Morgan fingerprint density at radius 2 is 2.00 bits per heavy atom. The number of hydrogen-bond donors (Lipinski definition) is 1. The van der Waals surface area contributed by atoms with Crippen molar-refractivity contribution in [3.05, 3.63) is 29.8 Å². The highest BCUT2D eigenvalue weighted by atomic mass is 16.5. The third-order valence-electron chi connectivity index (χ3n) is 2.54. The molecule has 0 fully saturated rings. The topological polar surface area (TPSA) is 61.5 Å². The van der Waals surface area contributed by atoms with Crippen LogP contribution in [0.4, 0.5) is 0 Å². The van der Waals surface area contributed by atoms with Crippen molar-refractivity contribution in [2.24, 2.45) is 5.73 Å². The lowest BCUT2D eigenvalue weighted by atomic mass is 9.96. The van der Waals surface area contributed by atoms with E-state index in [0.29, 0.717) is 19.6 Å². The summed E-state index contributed by atoms with van der Waals surface area (Å²) in [4.78, 5) is 11.8. The highest BCUT2D eigenvalue weighted by molar-refractivity contribution is 5.78. The van der Waals surface area contributed by atoms with Gasteiger partial charge in [0.2, 0.25) is 0 Å². The van der Waals surface area contributed by atoms with Gasteiger partial charge in [-0.25, -0.2) is 0 Å². The molecule has 4 nitrogen and oxygen atoms in total. The maximum absolute atomic E-state index is 11.8. The third kappa shape index (κ3) is 3.75. The van der Waals surface area contributed by atoms with E-state index in [1.807, 2.05) is 24.3 Å². The SMILES string of the molecule is CCOC(=O)C(CCN)c1ccc(OC)cc1. The number of carbonyl (C=O) groups is 1. The quantitative estimate of drug-likeness (QED) is 0.765. The number of esters is 1. The first-order valence-corrected chi connectivity index (χ1v) is 5.73. The number of nitrogens with two attached hydrogens (primary N) is 1. The molecule has 1 aromatic rings. The molecule has 1 aromatic carbocycles. The van der Waals surface area contributed by atoms with Gasteiger partial charge in [-0.15, -0.1) is 0 Å². The van der Waals surface area contributed by atoms with E-state index in [-0.39, 0.29) is 11.9 Å². The van der Waals surface area contributed by atoms with Gasteiger partial charge in [0.05, 0.1) is 19.6 Å². The van der Waals surface area contributed by atoms with Gasteiger partial charge >= 0.3 is 5.97 Å². The lowest BCUT2D eigenvalue weighted by molar-refractivity contribution is -0.145. The van der Waals surface area contributed by atoms with Crippen LogP contribution in [-0.4, -0.2) is 26.2 Å². The first-order chi connectivity index (χ1) is 8.22. The van der Waals surface area contributed by atoms with Gasteiger partial charge in [0.25, 0.3) is 0 Å². The molecular formula is C13H19NO3. The predicted molar refractivity (Wildman–Crippen MR) is 66.0 cm³/mol. The molecule has 0 aromatic heterocycles. The minimum absolute atomic E-state index is 0.219. The molecule has 17 heavy (non-hydrogen) atoms. The van der Waals surface area contributed by atoms with Crippen molar-refractivity contribution in [2.45, 2.75) is 19.3 Å². The highest BCUT2D eigenvalue weighted by Crippen LogP contribution is 2.23. The van der Waals surface area contributed by atoms with Crippen molar-refractivity contribution in [1.82, 2.24) is 0 Å². The van der Waals surface area contributed by atoms with Gasteiger partial charge in [-0.2, -0.15) is 0 Å². The standard InChI is InChI=1S/C13H19NO3/c1-3-17-13(15)12(8-9-14)10-4-6-11(16-2)7-5-10/h4-7,12H,3,8-9,14H2,1-2H3. The van der Waals surface area contributed by atoms with Crippen LogP contribution in [0.25, 0.3) is 0 Å².